The number of hydrogen-bond donors (Lipinski definition) is 1. The molecule has 37 heavy (non-hydrogen) atoms. The fourth-order valence-electron chi connectivity index (χ4n) is 5.26. The van der Waals surface area contributed by atoms with Gasteiger partial charge in [0, 0.05) is 51.9 Å². The largest absolute Gasteiger partial charge is 0.501 e. The van der Waals surface area contributed by atoms with Gasteiger partial charge >= 0.3 is 5.69 Å². The Labute approximate surface area is 212 Å². The number of rotatable bonds is 5. The highest BCUT2D eigenvalue weighted by atomic mass is 19.1. The topological polar surface area (TPSA) is 117 Å². The van der Waals surface area contributed by atoms with Crippen LogP contribution in [0.2, 0.25) is 0 Å². The first-order valence-corrected chi connectivity index (χ1v) is 12.5. The molecule has 198 valence electrons. The number of ether oxygens (including phenoxy) is 1. The van der Waals surface area contributed by atoms with E-state index in [2.05, 4.69) is 0 Å². The van der Waals surface area contributed by atoms with E-state index >= 15 is 0 Å². The zero-order chi connectivity index (χ0) is 26.1. The van der Waals surface area contributed by atoms with Crippen molar-refractivity contribution in [2.45, 2.75) is 32.0 Å². The fraction of sp³-hybridized carbons (Fsp3) is 0.520. The number of aromatic nitrogens is 2. The van der Waals surface area contributed by atoms with Crippen LogP contribution in [0.4, 0.5) is 4.39 Å². The molecule has 12 heteroatoms. The van der Waals surface area contributed by atoms with Gasteiger partial charge < -0.3 is 19.6 Å². The van der Waals surface area contributed by atoms with Gasteiger partial charge in [0.1, 0.15) is 5.82 Å². The summed E-state index contributed by atoms with van der Waals surface area (Å²) in [6.07, 6.45) is 0.793. The quantitative estimate of drug-likeness (QED) is 0.596. The van der Waals surface area contributed by atoms with Crippen LogP contribution in [0.25, 0.3) is 0 Å². The molecule has 2 aromatic rings. The summed E-state index contributed by atoms with van der Waals surface area (Å²) < 4.78 is 20.7. The Morgan fingerprint density at radius 3 is 2.32 bits per heavy atom. The van der Waals surface area contributed by atoms with Crippen LogP contribution in [0.15, 0.2) is 33.9 Å². The number of piperidine rings is 1. The van der Waals surface area contributed by atoms with Crippen LogP contribution in [0.5, 0.6) is 5.75 Å². The van der Waals surface area contributed by atoms with Crippen LogP contribution in [0.1, 0.15) is 34.9 Å². The number of benzene rings is 1. The highest BCUT2D eigenvalue weighted by molar-refractivity contribution is 5.95. The van der Waals surface area contributed by atoms with E-state index in [4.69, 9.17) is 4.74 Å². The van der Waals surface area contributed by atoms with Crippen molar-refractivity contribution in [3.63, 3.8) is 0 Å². The summed E-state index contributed by atoms with van der Waals surface area (Å²) in [6, 6.07) is 5.21. The SMILES string of the molecule is O=C(CN1CCOCC1)N1CCC(n2c(=O)c(O)c3n(c2=O)CCN(Cc2ccc(F)cc2)C3=O)CC1. The summed E-state index contributed by atoms with van der Waals surface area (Å²) >= 11 is 0. The lowest BCUT2D eigenvalue weighted by atomic mass is 10.0. The molecule has 4 heterocycles. The molecular formula is C25H30FN5O6. The van der Waals surface area contributed by atoms with E-state index in [1.54, 1.807) is 17.0 Å². The molecule has 2 amide bonds. The van der Waals surface area contributed by atoms with Crippen molar-refractivity contribution in [2.75, 3.05) is 52.5 Å². The molecule has 5 rings (SSSR count). The van der Waals surface area contributed by atoms with E-state index in [-0.39, 0.29) is 31.2 Å². The minimum atomic E-state index is -0.897. The van der Waals surface area contributed by atoms with Crippen molar-refractivity contribution in [1.29, 1.82) is 0 Å². The first kappa shape index (κ1) is 25.2. The molecule has 3 aliphatic rings. The molecular weight excluding hydrogens is 485 g/mol. The van der Waals surface area contributed by atoms with Gasteiger partial charge in [-0.1, -0.05) is 12.1 Å². The average molecular weight is 516 g/mol. The second kappa shape index (κ2) is 10.5. The van der Waals surface area contributed by atoms with Crippen LogP contribution in [0.3, 0.4) is 0 Å². The molecule has 2 fully saturated rings. The number of likely N-dealkylation sites (tertiary alicyclic amines) is 1. The molecule has 0 unspecified atom stereocenters. The molecule has 2 saturated heterocycles. The van der Waals surface area contributed by atoms with Gasteiger partial charge in [0.15, 0.2) is 5.69 Å². The third kappa shape index (κ3) is 5.03. The number of amides is 2. The van der Waals surface area contributed by atoms with Crippen molar-refractivity contribution in [3.05, 3.63) is 62.2 Å². The minimum absolute atomic E-state index is 0.00421. The molecule has 1 N–H and O–H groups in total. The van der Waals surface area contributed by atoms with Crippen molar-refractivity contribution in [3.8, 4) is 5.75 Å². The second-order valence-electron chi connectivity index (χ2n) is 9.66. The molecule has 0 spiro atoms. The Morgan fingerprint density at radius 1 is 0.973 bits per heavy atom. The van der Waals surface area contributed by atoms with Gasteiger partial charge in [0.05, 0.1) is 19.8 Å². The lowest BCUT2D eigenvalue weighted by molar-refractivity contribution is -0.134. The van der Waals surface area contributed by atoms with Gasteiger partial charge in [-0.25, -0.2) is 9.18 Å². The van der Waals surface area contributed by atoms with Gasteiger partial charge in [0.25, 0.3) is 11.5 Å². The number of carbonyl (C=O) groups excluding carboxylic acids is 2. The highest BCUT2D eigenvalue weighted by Gasteiger charge is 2.34. The first-order chi connectivity index (χ1) is 17.8. The van der Waals surface area contributed by atoms with E-state index < -0.39 is 34.8 Å². The van der Waals surface area contributed by atoms with Crippen LogP contribution in [0, 0.1) is 5.82 Å². The highest BCUT2D eigenvalue weighted by Crippen LogP contribution is 2.24. The Morgan fingerprint density at radius 2 is 1.65 bits per heavy atom. The zero-order valence-electron chi connectivity index (χ0n) is 20.5. The van der Waals surface area contributed by atoms with Gasteiger partial charge in [-0.15, -0.1) is 0 Å². The van der Waals surface area contributed by atoms with Crippen molar-refractivity contribution in [1.82, 2.24) is 23.8 Å². The lowest BCUT2D eigenvalue weighted by Gasteiger charge is -2.35. The lowest BCUT2D eigenvalue weighted by Crippen LogP contribution is -2.52. The number of fused-ring (bicyclic) bond motifs is 1. The van der Waals surface area contributed by atoms with E-state index in [1.807, 2.05) is 4.90 Å². The van der Waals surface area contributed by atoms with E-state index in [0.717, 1.165) is 9.13 Å². The van der Waals surface area contributed by atoms with Crippen molar-refractivity contribution < 1.29 is 23.8 Å². The second-order valence-corrected chi connectivity index (χ2v) is 9.66. The van der Waals surface area contributed by atoms with Crippen molar-refractivity contribution >= 4 is 11.8 Å². The Hall–Kier alpha value is -3.51. The van der Waals surface area contributed by atoms with Gasteiger partial charge in [-0.2, -0.15) is 0 Å². The fourth-order valence-corrected chi connectivity index (χ4v) is 5.26. The van der Waals surface area contributed by atoms with Gasteiger partial charge in [-0.3, -0.25) is 28.4 Å². The van der Waals surface area contributed by atoms with Crippen LogP contribution < -0.4 is 11.2 Å². The predicted octanol–water partition coefficient (Wildman–Crippen LogP) is 0.00640. The maximum Gasteiger partial charge on any atom is 0.332 e. The maximum absolute atomic E-state index is 13.3. The molecule has 0 aliphatic carbocycles. The van der Waals surface area contributed by atoms with E-state index in [1.165, 1.54) is 17.0 Å². The Bertz CT molecular complexity index is 1290. The standard InChI is InChI=1S/C25H30FN5O6/c26-18-3-1-17(2-4-18)15-29-9-10-30-21(23(29)34)22(33)24(35)31(25(30)36)19-5-7-28(8-6-19)20(32)16-27-11-13-37-14-12-27/h1-4,19,33H,5-16H2. The Balaban J connectivity index is 1.30. The maximum atomic E-state index is 13.3. The summed E-state index contributed by atoms with van der Waals surface area (Å²) in [6.45, 7) is 4.22. The molecule has 1 aromatic carbocycles. The summed E-state index contributed by atoms with van der Waals surface area (Å²) in [5, 5.41) is 10.7. The number of hydrogen-bond acceptors (Lipinski definition) is 7. The smallest absolute Gasteiger partial charge is 0.332 e. The van der Waals surface area contributed by atoms with Crippen LogP contribution in [-0.2, 0) is 22.6 Å². The monoisotopic (exact) mass is 515 g/mol. The van der Waals surface area contributed by atoms with Crippen LogP contribution >= 0.6 is 0 Å². The summed E-state index contributed by atoms with van der Waals surface area (Å²) in [5.74, 6) is -1.77. The third-order valence-electron chi connectivity index (χ3n) is 7.37. The first-order valence-electron chi connectivity index (χ1n) is 12.5. The molecule has 3 aliphatic heterocycles. The number of halogens is 1. The number of aromatic hydroxyl groups is 1. The molecule has 1 aromatic heterocycles. The summed E-state index contributed by atoms with van der Waals surface area (Å²) in [5.41, 5.74) is -1.16. The summed E-state index contributed by atoms with van der Waals surface area (Å²) in [7, 11) is 0. The number of morpholine rings is 1. The average Bonchev–Trinajstić information content (AvgIpc) is 2.91. The van der Waals surface area contributed by atoms with Gasteiger partial charge in [-0.05, 0) is 30.5 Å². The Kier molecular flexibility index (Phi) is 7.11. The number of carbonyl (C=O) groups is 2. The molecule has 0 radical (unpaired) electrons. The van der Waals surface area contributed by atoms with Gasteiger partial charge in [0.2, 0.25) is 11.7 Å². The minimum Gasteiger partial charge on any atom is -0.501 e. The van der Waals surface area contributed by atoms with E-state index in [9.17, 15) is 28.7 Å². The summed E-state index contributed by atoms with van der Waals surface area (Å²) in [4.78, 5) is 57.4. The normalized spacial score (nSPS) is 19.2. The third-order valence-corrected chi connectivity index (χ3v) is 7.37. The number of nitrogens with zero attached hydrogens (tertiary/aromatic N) is 5. The zero-order valence-corrected chi connectivity index (χ0v) is 20.5. The molecule has 11 nitrogen and oxygen atoms in total. The van der Waals surface area contributed by atoms with Crippen LogP contribution in [-0.4, -0.2) is 93.2 Å². The van der Waals surface area contributed by atoms with Crippen molar-refractivity contribution in [2.24, 2.45) is 0 Å². The predicted molar refractivity (Wildman–Crippen MR) is 130 cm³/mol. The molecule has 0 bridgehead atoms. The molecule has 0 saturated carbocycles. The van der Waals surface area contributed by atoms with E-state index in [0.29, 0.717) is 64.3 Å². The molecule has 0 atom stereocenters.